The molecule has 0 bridgehead atoms. The molecule has 0 saturated heterocycles. The Labute approximate surface area is 218 Å². The first-order valence-corrected chi connectivity index (χ1v) is 13.0. The minimum absolute atomic E-state index is 0.0844. The molecule has 0 unspecified atom stereocenters. The summed E-state index contributed by atoms with van der Waals surface area (Å²) >= 11 is 0. The highest BCUT2D eigenvalue weighted by atomic mass is 16.5. The van der Waals surface area contributed by atoms with E-state index in [-0.39, 0.29) is 17.6 Å². The van der Waals surface area contributed by atoms with E-state index in [1.807, 2.05) is 61.5 Å². The van der Waals surface area contributed by atoms with Crippen molar-refractivity contribution in [2.75, 3.05) is 11.4 Å². The van der Waals surface area contributed by atoms with E-state index in [0.29, 0.717) is 24.4 Å². The summed E-state index contributed by atoms with van der Waals surface area (Å²) in [7, 11) is 0. The quantitative estimate of drug-likeness (QED) is 0.299. The zero-order valence-electron chi connectivity index (χ0n) is 21.2. The standard InChI is InChI=1S/C32H32N2O3/c1-23-8-7-11-26(20-23)22-34-28-12-5-6-13-29(28)37-30(32(34)36)21-25-14-16-27(17-15-25)31(35)33-19-18-24-9-3-2-4-10-24/h5-9,11-17,20-21H,2-4,10,18-19,22H2,1H3,(H,33,35). The topological polar surface area (TPSA) is 58.6 Å². The average molecular weight is 493 g/mol. The van der Waals surface area contributed by atoms with Gasteiger partial charge in [0.2, 0.25) is 0 Å². The molecule has 3 aromatic rings. The van der Waals surface area contributed by atoms with Crippen molar-refractivity contribution in [2.24, 2.45) is 0 Å². The van der Waals surface area contributed by atoms with Gasteiger partial charge in [-0.15, -0.1) is 0 Å². The van der Waals surface area contributed by atoms with Crippen molar-refractivity contribution in [2.45, 2.75) is 45.6 Å². The molecule has 3 aromatic carbocycles. The molecule has 1 N–H and O–H groups in total. The number of allylic oxidation sites excluding steroid dienone is 1. The van der Waals surface area contributed by atoms with Crippen LogP contribution in [0.1, 0.15) is 59.2 Å². The SMILES string of the molecule is Cc1cccc(CN2C(=O)C(=Cc3ccc(C(=O)NCCC4=CCCCC4)cc3)Oc3ccccc32)c1. The molecule has 2 aliphatic rings. The third-order valence-electron chi connectivity index (χ3n) is 6.84. The van der Waals surface area contributed by atoms with Gasteiger partial charge in [-0.05, 0) is 80.5 Å². The number of para-hydroxylation sites is 2. The fourth-order valence-corrected chi connectivity index (χ4v) is 4.86. The number of rotatable bonds is 7. The molecule has 5 rings (SSSR count). The van der Waals surface area contributed by atoms with Gasteiger partial charge in [-0.25, -0.2) is 0 Å². The lowest BCUT2D eigenvalue weighted by atomic mass is 9.97. The predicted octanol–water partition coefficient (Wildman–Crippen LogP) is 6.58. The number of carbonyl (C=O) groups excluding carboxylic acids is 2. The highest BCUT2D eigenvalue weighted by molar-refractivity contribution is 6.09. The van der Waals surface area contributed by atoms with Crippen molar-refractivity contribution in [3.63, 3.8) is 0 Å². The Morgan fingerprint density at radius 1 is 1.03 bits per heavy atom. The number of aryl methyl sites for hydroxylation is 1. The van der Waals surface area contributed by atoms with E-state index in [4.69, 9.17) is 4.74 Å². The minimum atomic E-state index is -0.195. The fraction of sp³-hybridized carbons (Fsp3) is 0.250. The van der Waals surface area contributed by atoms with Gasteiger partial charge in [0.1, 0.15) is 0 Å². The molecule has 2 amide bonds. The number of fused-ring (bicyclic) bond motifs is 1. The van der Waals surface area contributed by atoms with E-state index >= 15 is 0 Å². The van der Waals surface area contributed by atoms with E-state index in [9.17, 15) is 9.59 Å². The second-order valence-corrected chi connectivity index (χ2v) is 9.69. The maximum absolute atomic E-state index is 13.5. The summed E-state index contributed by atoms with van der Waals surface area (Å²) in [5.74, 6) is 0.618. The molecule has 0 saturated carbocycles. The van der Waals surface area contributed by atoms with Gasteiger partial charge in [-0.2, -0.15) is 0 Å². The van der Waals surface area contributed by atoms with Crippen LogP contribution in [0.2, 0.25) is 0 Å². The van der Waals surface area contributed by atoms with E-state index in [1.165, 1.54) is 18.4 Å². The molecule has 1 aliphatic heterocycles. The van der Waals surface area contributed by atoms with Crippen LogP contribution in [0.4, 0.5) is 5.69 Å². The van der Waals surface area contributed by atoms with Gasteiger partial charge in [0.15, 0.2) is 11.5 Å². The first-order valence-electron chi connectivity index (χ1n) is 13.0. The van der Waals surface area contributed by atoms with Crippen LogP contribution in [0.5, 0.6) is 5.75 Å². The summed E-state index contributed by atoms with van der Waals surface area (Å²) in [4.78, 5) is 27.8. The normalized spacial score (nSPS) is 16.1. The molecule has 0 fully saturated rings. The van der Waals surface area contributed by atoms with Crippen molar-refractivity contribution < 1.29 is 14.3 Å². The van der Waals surface area contributed by atoms with Crippen LogP contribution in [-0.2, 0) is 11.3 Å². The van der Waals surface area contributed by atoms with Crippen molar-refractivity contribution >= 4 is 23.6 Å². The summed E-state index contributed by atoms with van der Waals surface area (Å²) in [5, 5.41) is 3.02. The summed E-state index contributed by atoms with van der Waals surface area (Å²) in [6, 6.07) is 23.0. The Balaban J connectivity index is 1.29. The molecule has 1 aliphatic carbocycles. The Bertz CT molecular complexity index is 1350. The van der Waals surface area contributed by atoms with Gasteiger partial charge in [-0.1, -0.05) is 65.7 Å². The highest BCUT2D eigenvalue weighted by Gasteiger charge is 2.30. The predicted molar refractivity (Wildman–Crippen MR) is 147 cm³/mol. The van der Waals surface area contributed by atoms with Gasteiger partial charge in [0.05, 0.1) is 12.2 Å². The van der Waals surface area contributed by atoms with Gasteiger partial charge < -0.3 is 10.1 Å². The smallest absolute Gasteiger partial charge is 0.294 e. The van der Waals surface area contributed by atoms with Crippen LogP contribution in [0.25, 0.3) is 6.08 Å². The molecule has 0 aromatic heterocycles. The average Bonchev–Trinajstić information content (AvgIpc) is 2.92. The fourth-order valence-electron chi connectivity index (χ4n) is 4.86. The number of carbonyl (C=O) groups is 2. The first-order chi connectivity index (χ1) is 18.1. The number of hydrogen-bond acceptors (Lipinski definition) is 3. The molecule has 1 heterocycles. The zero-order valence-corrected chi connectivity index (χ0v) is 21.2. The molecule has 0 radical (unpaired) electrons. The van der Waals surface area contributed by atoms with Gasteiger partial charge in [-0.3, -0.25) is 14.5 Å². The molecule has 5 nitrogen and oxygen atoms in total. The summed E-state index contributed by atoms with van der Waals surface area (Å²) < 4.78 is 6.01. The number of anilines is 1. The third-order valence-corrected chi connectivity index (χ3v) is 6.84. The number of ether oxygens (including phenoxy) is 1. The zero-order chi connectivity index (χ0) is 25.6. The molecular weight excluding hydrogens is 460 g/mol. The van der Waals surface area contributed by atoms with Crippen LogP contribution in [-0.4, -0.2) is 18.4 Å². The summed E-state index contributed by atoms with van der Waals surface area (Å²) in [6.07, 6.45) is 9.78. The second kappa shape index (κ2) is 11.3. The van der Waals surface area contributed by atoms with Crippen molar-refractivity contribution in [1.29, 1.82) is 0 Å². The van der Waals surface area contributed by atoms with E-state index < -0.39 is 0 Å². The van der Waals surface area contributed by atoms with Crippen LogP contribution in [0, 0.1) is 6.92 Å². The van der Waals surface area contributed by atoms with E-state index in [0.717, 1.165) is 41.6 Å². The Hall–Kier alpha value is -4.12. The van der Waals surface area contributed by atoms with Crippen LogP contribution < -0.4 is 15.0 Å². The summed E-state index contributed by atoms with van der Waals surface area (Å²) in [5.41, 5.74) is 5.80. The number of amides is 2. The van der Waals surface area contributed by atoms with Crippen LogP contribution in [0.15, 0.2) is 90.2 Å². The molecule has 0 atom stereocenters. The molecular formula is C32H32N2O3. The van der Waals surface area contributed by atoms with Crippen molar-refractivity contribution in [3.05, 3.63) is 112 Å². The minimum Gasteiger partial charge on any atom is -0.449 e. The number of benzene rings is 3. The van der Waals surface area contributed by atoms with Crippen LogP contribution in [0.3, 0.4) is 0 Å². The van der Waals surface area contributed by atoms with Gasteiger partial charge in [0, 0.05) is 12.1 Å². The Morgan fingerprint density at radius 3 is 2.65 bits per heavy atom. The second-order valence-electron chi connectivity index (χ2n) is 9.69. The maximum atomic E-state index is 13.5. The van der Waals surface area contributed by atoms with E-state index in [2.05, 4.69) is 17.5 Å². The van der Waals surface area contributed by atoms with Crippen molar-refractivity contribution in [3.8, 4) is 5.75 Å². The van der Waals surface area contributed by atoms with E-state index in [1.54, 1.807) is 23.1 Å². The largest absolute Gasteiger partial charge is 0.449 e. The Morgan fingerprint density at radius 2 is 1.86 bits per heavy atom. The number of nitrogens with zero attached hydrogens (tertiary/aromatic N) is 1. The highest BCUT2D eigenvalue weighted by Crippen LogP contribution is 2.36. The molecule has 37 heavy (non-hydrogen) atoms. The lowest BCUT2D eigenvalue weighted by Crippen LogP contribution is -2.36. The first kappa shape index (κ1) is 24.6. The van der Waals surface area contributed by atoms with Gasteiger partial charge >= 0.3 is 0 Å². The lowest BCUT2D eigenvalue weighted by Gasteiger charge is -2.30. The van der Waals surface area contributed by atoms with Crippen molar-refractivity contribution in [1.82, 2.24) is 5.32 Å². The van der Waals surface area contributed by atoms with Gasteiger partial charge in [0.25, 0.3) is 11.8 Å². The lowest BCUT2D eigenvalue weighted by molar-refractivity contribution is -0.117. The summed E-state index contributed by atoms with van der Waals surface area (Å²) in [6.45, 7) is 3.14. The molecule has 188 valence electrons. The monoisotopic (exact) mass is 492 g/mol. The number of nitrogens with one attached hydrogen (secondary N) is 1. The Kier molecular flexibility index (Phi) is 7.50. The number of hydrogen-bond donors (Lipinski definition) is 1. The van der Waals surface area contributed by atoms with Crippen LogP contribution >= 0.6 is 0 Å². The third kappa shape index (κ3) is 6.00. The molecule has 0 spiro atoms. The maximum Gasteiger partial charge on any atom is 0.294 e. The molecule has 5 heteroatoms.